The molecule has 172 valence electrons. The van der Waals surface area contributed by atoms with E-state index in [1.54, 1.807) is 55.3 Å². The minimum absolute atomic E-state index is 0.186. The van der Waals surface area contributed by atoms with E-state index in [0.29, 0.717) is 34.5 Å². The van der Waals surface area contributed by atoms with Crippen LogP contribution in [-0.2, 0) is 9.53 Å². The van der Waals surface area contributed by atoms with Gasteiger partial charge in [-0.3, -0.25) is 15.0 Å². The minimum atomic E-state index is -0.953. The average molecular weight is 467 g/mol. The van der Waals surface area contributed by atoms with Crippen LogP contribution >= 0.6 is 12.2 Å². The Morgan fingerprint density at radius 3 is 2.55 bits per heavy atom. The Bertz CT molecular complexity index is 1120. The highest BCUT2D eigenvalue weighted by Gasteiger charge is 2.50. The standard InChI is InChI=1S/C23H26N6O3S/c1-15-13-16(7-9-18(15)24-4)28-20(30)23(2,3)29(22(28)33)17-8-10-19(25-14-17)26-21(31)32-12-11-27(5)6/h7-10,13-14H,11-12H2,1-3,5-6H3,(H,25,26,31). The first kappa shape index (κ1) is 24.1. The van der Waals surface area contributed by atoms with Crippen molar-refractivity contribution in [2.75, 3.05) is 42.4 Å². The SMILES string of the molecule is [C-]#[N+]c1ccc(N2C(=O)C(C)(C)N(c3ccc(NC(=O)OCCN(C)C)nc3)C2=S)cc1C. The van der Waals surface area contributed by atoms with Crippen LogP contribution in [0.3, 0.4) is 0 Å². The van der Waals surface area contributed by atoms with Gasteiger partial charge in [-0.05, 0) is 76.9 Å². The summed E-state index contributed by atoms with van der Waals surface area (Å²) in [6.45, 7) is 13.5. The van der Waals surface area contributed by atoms with Gasteiger partial charge in [0.15, 0.2) is 10.8 Å². The van der Waals surface area contributed by atoms with Crippen LogP contribution < -0.4 is 15.1 Å². The Morgan fingerprint density at radius 2 is 1.97 bits per heavy atom. The molecule has 0 radical (unpaired) electrons. The molecule has 1 fully saturated rings. The quantitative estimate of drug-likeness (QED) is 0.510. The number of carbonyl (C=O) groups excluding carboxylic acids is 2. The summed E-state index contributed by atoms with van der Waals surface area (Å²) in [5.41, 5.74) is 1.56. The molecule has 0 spiro atoms. The van der Waals surface area contributed by atoms with Crippen molar-refractivity contribution in [1.29, 1.82) is 0 Å². The first-order valence-electron chi connectivity index (χ1n) is 10.3. The van der Waals surface area contributed by atoms with Gasteiger partial charge in [0.05, 0.1) is 18.5 Å². The maximum atomic E-state index is 13.3. The molecule has 2 aromatic rings. The van der Waals surface area contributed by atoms with Crippen LogP contribution in [0.25, 0.3) is 4.85 Å². The largest absolute Gasteiger partial charge is 0.448 e. The Balaban J connectivity index is 1.79. The summed E-state index contributed by atoms with van der Waals surface area (Å²) in [7, 11) is 3.78. The molecule has 0 aliphatic carbocycles. The fourth-order valence-electron chi connectivity index (χ4n) is 3.41. The number of ether oxygens (including phenoxy) is 1. The average Bonchev–Trinajstić information content (AvgIpc) is 2.92. The van der Waals surface area contributed by atoms with E-state index in [9.17, 15) is 9.59 Å². The maximum absolute atomic E-state index is 13.3. The van der Waals surface area contributed by atoms with E-state index in [4.69, 9.17) is 23.5 Å². The Morgan fingerprint density at radius 1 is 1.27 bits per heavy atom. The Labute approximate surface area is 198 Å². The molecule has 1 N–H and O–H groups in total. The highest BCUT2D eigenvalue weighted by Crippen LogP contribution is 2.37. The molecule has 9 nitrogen and oxygen atoms in total. The number of aromatic nitrogens is 1. The number of carbonyl (C=O) groups is 2. The van der Waals surface area contributed by atoms with Crippen LogP contribution in [0, 0.1) is 13.5 Å². The van der Waals surface area contributed by atoms with Crippen LogP contribution in [0.4, 0.5) is 27.7 Å². The topological polar surface area (TPSA) is 82.4 Å². The number of rotatable bonds is 6. The van der Waals surface area contributed by atoms with E-state index in [2.05, 4.69) is 15.1 Å². The number of benzene rings is 1. The fourth-order valence-corrected chi connectivity index (χ4v) is 3.94. The fraction of sp³-hybridized carbons (Fsp3) is 0.348. The van der Waals surface area contributed by atoms with E-state index < -0.39 is 11.6 Å². The number of likely N-dealkylation sites (N-methyl/N-ethyl adjacent to an activating group) is 1. The molecule has 1 aromatic carbocycles. The molecule has 1 aliphatic heterocycles. The summed E-state index contributed by atoms with van der Waals surface area (Å²) < 4.78 is 5.11. The number of aryl methyl sites for hydroxylation is 1. The highest BCUT2D eigenvalue weighted by atomic mass is 32.1. The van der Waals surface area contributed by atoms with Crippen molar-refractivity contribution < 1.29 is 14.3 Å². The van der Waals surface area contributed by atoms with Gasteiger partial charge in [0.1, 0.15) is 18.0 Å². The summed E-state index contributed by atoms with van der Waals surface area (Å²) in [5.74, 6) is 0.138. The molecule has 2 heterocycles. The zero-order valence-electron chi connectivity index (χ0n) is 19.2. The summed E-state index contributed by atoms with van der Waals surface area (Å²) in [6.07, 6.45) is 0.960. The van der Waals surface area contributed by atoms with Crippen molar-refractivity contribution in [3.63, 3.8) is 0 Å². The molecule has 3 rings (SSSR count). The third kappa shape index (κ3) is 4.94. The van der Waals surface area contributed by atoms with Gasteiger partial charge in [0, 0.05) is 12.2 Å². The van der Waals surface area contributed by atoms with Crippen LogP contribution in [0.15, 0.2) is 36.5 Å². The molecule has 10 heteroatoms. The molecule has 2 amide bonds. The summed E-state index contributed by atoms with van der Waals surface area (Å²) >= 11 is 5.68. The van der Waals surface area contributed by atoms with Gasteiger partial charge < -0.3 is 14.5 Å². The monoisotopic (exact) mass is 466 g/mol. The maximum Gasteiger partial charge on any atom is 0.412 e. The second kappa shape index (κ2) is 9.52. The van der Waals surface area contributed by atoms with E-state index >= 15 is 0 Å². The van der Waals surface area contributed by atoms with Gasteiger partial charge in [-0.25, -0.2) is 14.6 Å². The molecular formula is C23H26N6O3S. The van der Waals surface area contributed by atoms with Crippen LogP contribution in [0.5, 0.6) is 0 Å². The molecule has 1 aromatic heterocycles. The number of anilines is 3. The molecule has 0 bridgehead atoms. The second-order valence-electron chi connectivity index (χ2n) is 8.37. The van der Waals surface area contributed by atoms with E-state index in [0.717, 1.165) is 5.56 Å². The molecule has 0 unspecified atom stereocenters. The smallest absolute Gasteiger partial charge is 0.412 e. The van der Waals surface area contributed by atoms with Crippen molar-refractivity contribution in [2.45, 2.75) is 26.3 Å². The van der Waals surface area contributed by atoms with Crippen molar-refractivity contribution in [3.8, 4) is 0 Å². The predicted octanol–water partition coefficient (Wildman–Crippen LogP) is 3.97. The van der Waals surface area contributed by atoms with Crippen LogP contribution in [0.2, 0.25) is 0 Å². The van der Waals surface area contributed by atoms with Crippen molar-refractivity contribution in [2.24, 2.45) is 0 Å². The van der Waals surface area contributed by atoms with Gasteiger partial charge in [0.25, 0.3) is 5.91 Å². The summed E-state index contributed by atoms with van der Waals surface area (Å²) in [5, 5.41) is 2.89. The number of amides is 2. The molecule has 0 atom stereocenters. The van der Waals surface area contributed by atoms with E-state index in [1.165, 1.54) is 4.90 Å². The lowest BCUT2D eigenvalue weighted by atomic mass is 10.0. The van der Waals surface area contributed by atoms with Gasteiger partial charge in [0.2, 0.25) is 0 Å². The number of pyridine rings is 1. The predicted molar refractivity (Wildman–Crippen MR) is 132 cm³/mol. The lowest BCUT2D eigenvalue weighted by Crippen LogP contribution is -2.44. The number of nitrogens with zero attached hydrogens (tertiary/aromatic N) is 5. The Kier molecular flexibility index (Phi) is 6.95. The normalized spacial score (nSPS) is 15.1. The van der Waals surface area contributed by atoms with Crippen molar-refractivity contribution >= 4 is 52.2 Å². The lowest BCUT2D eigenvalue weighted by Gasteiger charge is -2.29. The minimum Gasteiger partial charge on any atom is -0.448 e. The molecule has 33 heavy (non-hydrogen) atoms. The van der Waals surface area contributed by atoms with E-state index in [-0.39, 0.29) is 12.5 Å². The third-order valence-corrected chi connectivity index (χ3v) is 5.60. The van der Waals surface area contributed by atoms with Gasteiger partial charge in [-0.2, -0.15) is 0 Å². The van der Waals surface area contributed by atoms with Crippen LogP contribution in [0.1, 0.15) is 19.4 Å². The molecule has 1 saturated heterocycles. The summed E-state index contributed by atoms with van der Waals surface area (Å²) in [6, 6.07) is 8.55. The van der Waals surface area contributed by atoms with Crippen molar-refractivity contribution in [1.82, 2.24) is 9.88 Å². The van der Waals surface area contributed by atoms with Crippen LogP contribution in [-0.4, -0.2) is 59.8 Å². The second-order valence-corrected chi connectivity index (χ2v) is 8.73. The number of hydrogen-bond donors (Lipinski definition) is 1. The van der Waals surface area contributed by atoms with E-state index in [1.807, 2.05) is 25.9 Å². The number of nitrogens with one attached hydrogen (secondary N) is 1. The zero-order chi connectivity index (χ0) is 24.3. The molecular weight excluding hydrogens is 440 g/mol. The Hall–Kier alpha value is -3.55. The lowest BCUT2D eigenvalue weighted by molar-refractivity contribution is -0.120. The zero-order valence-corrected chi connectivity index (χ0v) is 20.1. The third-order valence-electron chi connectivity index (χ3n) is 5.23. The number of hydrogen-bond acceptors (Lipinski definition) is 6. The summed E-state index contributed by atoms with van der Waals surface area (Å²) in [4.78, 5) is 38.1. The van der Waals surface area contributed by atoms with Gasteiger partial charge in [-0.1, -0.05) is 6.07 Å². The van der Waals surface area contributed by atoms with Gasteiger partial charge in [-0.15, -0.1) is 0 Å². The van der Waals surface area contributed by atoms with Crippen molar-refractivity contribution in [3.05, 3.63) is 53.5 Å². The molecule has 1 aliphatic rings. The van der Waals surface area contributed by atoms with Gasteiger partial charge >= 0.3 is 6.09 Å². The highest BCUT2D eigenvalue weighted by molar-refractivity contribution is 7.81. The first-order chi connectivity index (χ1) is 15.6. The molecule has 0 saturated carbocycles. The number of thiocarbonyl (C=S) groups is 1. The first-order valence-corrected chi connectivity index (χ1v) is 10.7.